The van der Waals surface area contributed by atoms with Gasteiger partial charge in [0.1, 0.15) is 6.04 Å². The Bertz CT molecular complexity index is 947. The molecule has 1 aliphatic heterocycles. The van der Waals surface area contributed by atoms with Gasteiger partial charge in [-0.25, -0.2) is 0 Å². The summed E-state index contributed by atoms with van der Waals surface area (Å²) in [4.78, 5) is 26.6. The lowest BCUT2D eigenvalue weighted by Crippen LogP contribution is -2.45. The third kappa shape index (κ3) is 5.79. The highest BCUT2D eigenvalue weighted by Gasteiger charge is 2.44. The van der Waals surface area contributed by atoms with Crippen molar-refractivity contribution in [3.63, 3.8) is 0 Å². The van der Waals surface area contributed by atoms with Crippen LogP contribution >= 0.6 is 0 Å². The van der Waals surface area contributed by atoms with Crippen molar-refractivity contribution in [3.05, 3.63) is 54.1 Å². The minimum atomic E-state index is -4.57. The van der Waals surface area contributed by atoms with Gasteiger partial charge in [-0.05, 0) is 54.8 Å². The van der Waals surface area contributed by atoms with Crippen LogP contribution in [0.1, 0.15) is 31.7 Å². The van der Waals surface area contributed by atoms with Gasteiger partial charge in [-0.2, -0.15) is 13.2 Å². The molecule has 1 aliphatic rings. The largest absolute Gasteiger partial charge is 0.394 e. The number of nitrogens with one attached hydrogen (secondary N) is 2. The van der Waals surface area contributed by atoms with E-state index in [4.69, 9.17) is 5.73 Å². The third-order valence-electron chi connectivity index (χ3n) is 5.55. The zero-order chi connectivity index (χ0) is 23.3. The summed E-state index contributed by atoms with van der Waals surface area (Å²) in [7, 11) is 0. The number of carbonyl (C=O) groups excluding carboxylic acids is 2. The topological polar surface area (TPSA) is 87.5 Å². The lowest BCUT2D eigenvalue weighted by atomic mass is 9.99. The summed E-state index contributed by atoms with van der Waals surface area (Å²) in [5.41, 5.74) is 7.76. The number of anilines is 3. The van der Waals surface area contributed by atoms with E-state index >= 15 is 0 Å². The van der Waals surface area contributed by atoms with Gasteiger partial charge in [-0.15, -0.1) is 0 Å². The SMILES string of the molecule is CC(C(Nc1cccc(CN)c1)C(=O)Nc1ccc(N2CCCCC2=O)cc1)C(F)(F)F. The van der Waals surface area contributed by atoms with Crippen LogP contribution in [0.5, 0.6) is 0 Å². The number of alkyl halides is 3. The van der Waals surface area contributed by atoms with Gasteiger partial charge >= 0.3 is 6.18 Å². The first-order valence-electron chi connectivity index (χ1n) is 10.5. The molecule has 1 fully saturated rings. The van der Waals surface area contributed by atoms with Crippen LogP contribution < -0.4 is 21.3 Å². The van der Waals surface area contributed by atoms with Crippen LogP contribution in [0.15, 0.2) is 48.5 Å². The third-order valence-corrected chi connectivity index (χ3v) is 5.55. The number of carbonyl (C=O) groups is 2. The summed E-state index contributed by atoms with van der Waals surface area (Å²) in [6.07, 6.45) is -2.30. The summed E-state index contributed by atoms with van der Waals surface area (Å²) in [5, 5.41) is 5.26. The van der Waals surface area contributed by atoms with Gasteiger partial charge < -0.3 is 21.3 Å². The van der Waals surface area contributed by atoms with Crippen LogP contribution in [0.3, 0.4) is 0 Å². The summed E-state index contributed by atoms with van der Waals surface area (Å²) < 4.78 is 40.4. The van der Waals surface area contributed by atoms with Crippen molar-refractivity contribution < 1.29 is 22.8 Å². The highest BCUT2D eigenvalue weighted by Crippen LogP contribution is 2.31. The fourth-order valence-electron chi connectivity index (χ4n) is 3.60. The molecule has 2 amide bonds. The summed E-state index contributed by atoms with van der Waals surface area (Å²) >= 11 is 0. The minimum absolute atomic E-state index is 0.0380. The molecule has 6 nitrogen and oxygen atoms in total. The van der Waals surface area contributed by atoms with E-state index in [2.05, 4.69) is 10.6 Å². The van der Waals surface area contributed by atoms with Gasteiger partial charge in [0.05, 0.1) is 5.92 Å². The van der Waals surface area contributed by atoms with E-state index in [0.29, 0.717) is 30.0 Å². The van der Waals surface area contributed by atoms with Crippen molar-refractivity contribution in [1.29, 1.82) is 0 Å². The Kier molecular flexibility index (Phi) is 7.40. The second kappa shape index (κ2) is 10.0. The van der Waals surface area contributed by atoms with Gasteiger partial charge in [0.25, 0.3) is 0 Å². The van der Waals surface area contributed by atoms with E-state index in [1.165, 1.54) is 0 Å². The van der Waals surface area contributed by atoms with Crippen molar-refractivity contribution in [2.75, 3.05) is 22.1 Å². The molecule has 1 heterocycles. The molecule has 2 atom stereocenters. The Morgan fingerprint density at radius 1 is 1.12 bits per heavy atom. The van der Waals surface area contributed by atoms with Crippen LogP contribution in [0.2, 0.25) is 0 Å². The van der Waals surface area contributed by atoms with E-state index in [-0.39, 0.29) is 12.5 Å². The van der Waals surface area contributed by atoms with Crippen molar-refractivity contribution in [1.82, 2.24) is 0 Å². The molecule has 0 bridgehead atoms. The molecular weight excluding hydrogens is 421 g/mol. The standard InChI is InChI=1S/C23H27F3N4O2/c1-15(23(24,25)26)21(28-18-6-4-5-16(13-18)14-27)22(32)29-17-8-10-19(11-9-17)30-12-3-2-7-20(30)31/h4-6,8-11,13,15,21,28H,2-3,7,12,14,27H2,1H3,(H,29,32). The molecule has 2 unspecified atom stereocenters. The number of amides is 2. The van der Waals surface area contributed by atoms with Gasteiger partial charge in [0.15, 0.2) is 0 Å². The van der Waals surface area contributed by atoms with E-state index in [9.17, 15) is 22.8 Å². The van der Waals surface area contributed by atoms with Crippen LogP contribution in [0.4, 0.5) is 30.2 Å². The monoisotopic (exact) mass is 448 g/mol. The molecule has 0 radical (unpaired) electrons. The molecule has 2 aromatic rings. The van der Waals surface area contributed by atoms with Crippen molar-refractivity contribution in [2.45, 2.75) is 44.9 Å². The maximum Gasteiger partial charge on any atom is 0.394 e. The van der Waals surface area contributed by atoms with Gasteiger partial charge in [-0.1, -0.05) is 19.1 Å². The number of hydrogen-bond acceptors (Lipinski definition) is 4. The Morgan fingerprint density at radius 3 is 2.47 bits per heavy atom. The van der Waals surface area contributed by atoms with Crippen LogP contribution in [-0.2, 0) is 16.1 Å². The molecule has 9 heteroatoms. The number of nitrogens with zero attached hydrogens (tertiary/aromatic N) is 1. The molecule has 32 heavy (non-hydrogen) atoms. The predicted octanol–water partition coefficient (Wildman–Crippen LogP) is 4.28. The van der Waals surface area contributed by atoms with Crippen LogP contribution in [-0.4, -0.2) is 30.6 Å². The van der Waals surface area contributed by atoms with E-state index in [0.717, 1.165) is 25.3 Å². The van der Waals surface area contributed by atoms with Gasteiger partial charge in [-0.3, -0.25) is 9.59 Å². The number of nitrogens with two attached hydrogens (primary N) is 1. The smallest absolute Gasteiger partial charge is 0.373 e. The molecular formula is C23H27F3N4O2. The number of benzene rings is 2. The average molecular weight is 448 g/mol. The van der Waals surface area contributed by atoms with Crippen LogP contribution in [0, 0.1) is 5.92 Å². The molecule has 172 valence electrons. The number of piperidine rings is 1. The fourth-order valence-corrected chi connectivity index (χ4v) is 3.60. The van der Waals surface area contributed by atoms with Crippen molar-refractivity contribution in [3.8, 4) is 0 Å². The first-order valence-corrected chi connectivity index (χ1v) is 10.5. The maximum atomic E-state index is 13.5. The molecule has 3 rings (SSSR count). The summed E-state index contributed by atoms with van der Waals surface area (Å²) in [5.74, 6) is -2.71. The van der Waals surface area contributed by atoms with Crippen molar-refractivity contribution in [2.24, 2.45) is 11.7 Å². The molecule has 0 saturated carbocycles. The molecule has 1 saturated heterocycles. The van der Waals surface area contributed by atoms with E-state index in [1.54, 1.807) is 53.4 Å². The Hall–Kier alpha value is -3.07. The first-order chi connectivity index (χ1) is 15.2. The molecule has 0 aliphatic carbocycles. The van der Waals surface area contributed by atoms with Crippen molar-refractivity contribution >= 4 is 28.9 Å². The molecule has 4 N–H and O–H groups in total. The van der Waals surface area contributed by atoms with Gasteiger partial charge in [0, 0.05) is 36.6 Å². The summed E-state index contributed by atoms with van der Waals surface area (Å²) in [6, 6.07) is 11.6. The number of rotatable bonds is 7. The predicted molar refractivity (Wildman–Crippen MR) is 118 cm³/mol. The highest BCUT2D eigenvalue weighted by molar-refractivity contribution is 5.98. The Balaban J connectivity index is 1.76. The summed E-state index contributed by atoms with van der Waals surface area (Å²) in [6.45, 7) is 1.82. The quantitative estimate of drug-likeness (QED) is 0.590. The molecule has 0 spiro atoms. The highest BCUT2D eigenvalue weighted by atomic mass is 19.4. The lowest BCUT2D eigenvalue weighted by molar-refractivity contribution is -0.175. The van der Waals surface area contributed by atoms with Gasteiger partial charge in [0.2, 0.25) is 11.8 Å². The first kappa shape index (κ1) is 23.6. The second-order valence-electron chi connectivity index (χ2n) is 7.90. The zero-order valence-corrected chi connectivity index (χ0v) is 17.8. The zero-order valence-electron chi connectivity index (χ0n) is 17.8. The van der Waals surface area contributed by atoms with E-state index < -0.39 is 24.0 Å². The average Bonchev–Trinajstić information content (AvgIpc) is 2.77. The maximum absolute atomic E-state index is 13.5. The molecule has 2 aromatic carbocycles. The number of halogens is 3. The Labute approximate surface area is 185 Å². The second-order valence-corrected chi connectivity index (χ2v) is 7.90. The fraction of sp³-hybridized carbons (Fsp3) is 0.391. The normalized spacial score (nSPS) is 16.4. The number of hydrogen-bond donors (Lipinski definition) is 3. The minimum Gasteiger partial charge on any atom is -0.373 e. The molecule has 0 aromatic heterocycles. The van der Waals surface area contributed by atoms with E-state index in [1.807, 2.05) is 0 Å². The Morgan fingerprint density at radius 2 is 1.84 bits per heavy atom. The van der Waals surface area contributed by atoms with Crippen LogP contribution in [0.25, 0.3) is 0 Å². The lowest BCUT2D eigenvalue weighted by Gasteiger charge is -2.28.